The van der Waals surface area contributed by atoms with Gasteiger partial charge in [0.05, 0.1) is 11.7 Å². The second-order valence-electron chi connectivity index (χ2n) is 6.33. The van der Waals surface area contributed by atoms with Gasteiger partial charge in [0.15, 0.2) is 0 Å². The van der Waals surface area contributed by atoms with Crippen molar-refractivity contribution in [3.8, 4) is 0 Å². The maximum atomic E-state index is 4.80. The van der Waals surface area contributed by atoms with E-state index < -0.39 is 0 Å². The summed E-state index contributed by atoms with van der Waals surface area (Å²) < 4.78 is 2.22. The molecule has 0 bridgehead atoms. The smallest absolute Gasteiger partial charge is 0.0764 e. The molecule has 2 fully saturated rings. The van der Waals surface area contributed by atoms with Crippen molar-refractivity contribution in [2.75, 3.05) is 19.6 Å². The summed E-state index contributed by atoms with van der Waals surface area (Å²) in [6, 6.07) is 3.62. The first-order valence-electron chi connectivity index (χ1n) is 8.35. The third-order valence-corrected chi connectivity index (χ3v) is 4.83. The average molecular weight is 276 g/mol. The molecule has 3 rings (SSSR count). The van der Waals surface area contributed by atoms with Crippen LogP contribution in [0, 0.1) is 0 Å². The summed E-state index contributed by atoms with van der Waals surface area (Å²) in [6.07, 6.45) is 10.1. The fraction of sp³-hybridized carbons (Fsp3) is 0.812. The van der Waals surface area contributed by atoms with Crippen molar-refractivity contribution >= 4 is 0 Å². The molecular weight excluding hydrogens is 248 g/mol. The van der Waals surface area contributed by atoms with E-state index in [1.54, 1.807) is 0 Å². The lowest BCUT2D eigenvalue weighted by molar-refractivity contribution is 0.189. The summed E-state index contributed by atoms with van der Waals surface area (Å²) >= 11 is 0. The molecule has 1 aromatic rings. The second kappa shape index (κ2) is 6.72. The molecule has 112 valence electrons. The van der Waals surface area contributed by atoms with Crippen LogP contribution in [0.3, 0.4) is 0 Å². The third kappa shape index (κ3) is 3.41. The largest absolute Gasteiger partial charge is 0.314 e. The Morgan fingerprint density at radius 3 is 2.65 bits per heavy atom. The minimum absolute atomic E-state index is 0.670. The lowest BCUT2D eigenvalue weighted by atomic mass is 10.1. The lowest BCUT2D eigenvalue weighted by Crippen LogP contribution is -2.42. The summed E-state index contributed by atoms with van der Waals surface area (Å²) in [5, 5.41) is 8.36. The Bertz CT molecular complexity index is 400. The van der Waals surface area contributed by atoms with E-state index in [1.165, 1.54) is 57.3 Å². The Kier molecular flexibility index (Phi) is 4.73. The number of hydrogen-bond donors (Lipinski definition) is 1. The van der Waals surface area contributed by atoms with Gasteiger partial charge < -0.3 is 5.32 Å². The summed E-state index contributed by atoms with van der Waals surface area (Å²) in [5.74, 6) is 0. The van der Waals surface area contributed by atoms with Gasteiger partial charge >= 0.3 is 0 Å². The van der Waals surface area contributed by atoms with Crippen molar-refractivity contribution in [3.05, 3.63) is 18.0 Å². The molecule has 1 aromatic heterocycles. The first-order valence-corrected chi connectivity index (χ1v) is 8.35. The standard InChI is InChI=1S/C16H28N4/c1-2-17-14-7-10-19(11-8-14)13-15-9-12-20(18-15)16-5-3-4-6-16/h9,12,14,16-17H,2-8,10-11,13H2,1H3. The normalized spacial score (nSPS) is 22.6. The molecule has 0 spiro atoms. The molecule has 0 aromatic carbocycles. The number of aromatic nitrogens is 2. The molecule has 1 N–H and O–H groups in total. The molecule has 1 aliphatic heterocycles. The van der Waals surface area contributed by atoms with E-state index in [4.69, 9.17) is 5.10 Å². The Morgan fingerprint density at radius 1 is 1.20 bits per heavy atom. The zero-order valence-corrected chi connectivity index (χ0v) is 12.7. The van der Waals surface area contributed by atoms with Crippen LogP contribution >= 0.6 is 0 Å². The highest BCUT2D eigenvalue weighted by molar-refractivity contribution is 5.00. The summed E-state index contributed by atoms with van der Waals surface area (Å²) in [5.41, 5.74) is 1.25. The minimum atomic E-state index is 0.670. The number of nitrogens with one attached hydrogen (secondary N) is 1. The van der Waals surface area contributed by atoms with Crippen molar-refractivity contribution in [3.63, 3.8) is 0 Å². The Morgan fingerprint density at radius 2 is 1.95 bits per heavy atom. The van der Waals surface area contributed by atoms with Crippen LogP contribution in [-0.4, -0.2) is 40.4 Å². The van der Waals surface area contributed by atoms with Crippen LogP contribution in [-0.2, 0) is 6.54 Å². The quantitative estimate of drug-likeness (QED) is 0.897. The molecule has 0 atom stereocenters. The molecular formula is C16H28N4. The number of nitrogens with zero attached hydrogens (tertiary/aromatic N) is 3. The number of rotatable bonds is 5. The predicted octanol–water partition coefficient (Wildman–Crippen LogP) is 2.57. The van der Waals surface area contributed by atoms with Gasteiger partial charge in [-0.2, -0.15) is 5.10 Å². The van der Waals surface area contributed by atoms with Gasteiger partial charge in [0.2, 0.25) is 0 Å². The molecule has 0 unspecified atom stereocenters. The zero-order chi connectivity index (χ0) is 13.8. The van der Waals surface area contributed by atoms with Crippen molar-refractivity contribution in [2.24, 2.45) is 0 Å². The Labute approximate surface area is 122 Å². The Hall–Kier alpha value is -0.870. The summed E-state index contributed by atoms with van der Waals surface area (Å²) in [4.78, 5) is 2.55. The monoisotopic (exact) mass is 276 g/mol. The first-order chi connectivity index (χ1) is 9.85. The molecule has 1 saturated heterocycles. The predicted molar refractivity (Wildman–Crippen MR) is 81.7 cm³/mol. The topological polar surface area (TPSA) is 33.1 Å². The summed E-state index contributed by atoms with van der Waals surface area (Å²) in [6.45, 7) is 6.72. The number of piperidine rings is 1. The van der Waals surface area contributed by atoms with E-state index >= 15 is 0 Å². The van der Waals surface area contributed by atoms with E-state index in [1.807, 2.05) is 0 Å². The molecule has 1 aliphatic carbocycles. The average Bonchev–Trinajstić information content (AvgIpc) is 3.12. The van der Waals surface area contributed by atoms with Crippen LogP contribution in [0.4, 0.5) is 0 Å². The summed E-state index contributed by atoms with van der Waals surface area (Å²) in [7, 11) is 0. The molecule has 4 nitrogen and oxygen atoms in total. The van der Waals surface area contributed by atoms with Crippen molar-refractivity contribution < 1.29 is 0 Å². The maximum absolute atomic E-state index is 4.80. The SMILES string of the molecule is CCNC1CCN(Cc2ccn(C3CCCC3)n2)CC1. The van der Waals surface area contributed by atoms with Gasteiger partial charge in [0, 0.05) is 31.9 Å². The van der Waals surface area contributed by atoms with Crippen molar-refractivity contribution in [1.29, 1.82) is 0 Å². The number of likely N-dealkylation sites (tertiary alicyclic amines) is 1. The van der Waals surface area contributed by atoms with Crippen LogP contribution in [0.15, 0.2) is 12.3 Å². The molecule has 0 amide bonds. The number of hydrogen-bond acceptors (Lipinski definition) is 3. The van der Waals surface area contributed by atoms with Gasteiger partial charge in [-0.15, -0.1) is 0 Å². The van der Waals surface area contributed by atoms with Gasteiger partial charge in [-0.25, -0.2) is 0 Å². The van der Waals surface area contributed by atoms with Gasteiger partial charge in [0.1, 0.15) is 0 Å². The minimum Gasteiger partial charge on any atom is -0.314 e. The van der Waals surface area contributed by atoms with Crippen molar-refractivity contribution in [1.82, 2.24) is 20.0 Å². The van der Waals surface area contributed by atoms with E-state index in [9.17, 15) is 0 Å². The molecule has 1 saturated carbocycles. The Balaban J connectivity index is 1.49. The van der Waals surface area contributed by atoms with Crippen LogP contribution in [0.1, 0.15) is 57.2 Å². The maximum Gasteiger partial charge on any atom is 0.0764 e. The first kappa shape index (κ1) is 14.1. The molecule has 20 heavy (non-hydrogen) atoms. The third-order valence-electron chi connectivity index (χ3n) is 4.83. The van der Waals surface area contributed by atoms with E-state index in [2.05, 4.69) is 34.1 Å². The van der Waals surface area contributed by atoms with E-state index in [0.29, 0.717) is 6.04 Å². The van der Waals surface area contributed by atoms with E-state index in [0.717, 1.165) is 19.1 Å². The zero-order valence-electron chi connectivity index (χ0n) is 12.7. The van der Waals surface area contributed by atoms with Crippen LogP contribution in [0.2, 0.25) is 0 Å². The highest BCUT2D eigenvalue weighted by Crippen LogP contribution is 2.28. The van der Waals surface area contributed by atoms with Gasteiger partial charge in [-0.05, 0) is 38.3 Å². The van der Waals surface area contributed by atoms with Gasteiger partial charge in [0.25, 0.3) is 0 Å². The van der Waals surface area contributed by atoms with Crippen LogP contribution in [0.5, 0.6) is 0 Å². The molecule has 2 heterocycles. The fourth-order valence-corrected chi connectivity index (χ4v) is 3.65. The van der Waals surface area contributed by atoms with Gasteiger partial charge in [-0.3, -0.25) is 9.58 Å². The van der Waals surface area contributed by atoms with Crippen LogP contribution in [0.25, 0.3) is 0 Å². The fourth-order valence-electron chi connectivity index (χ4n) is 3.65. The molecule has 0 radical (unpaired) electrons. The van der Waals surface area contributed by atoms with Crippen LogP contribution < -0.4 is 5.32 Å². The van der Waals surface area contributed by atoms with Crippen molar-refractivity contribution in [2.45, 2.75) is 64.1 Å². The highest BCUT2D eigenvalue weighted by Gasteiger charge is 2.20. The van der Waals surface area contributed by atoms with Gasteiger partial charge in [-0.1, -0.05) is 19.8 Å². The second-order valence-corrected chi connectivity index (χ2v) is 6.33. The highest BCUT2D eigenvalue weighted by atomic mass is 15.3. The molecule has 4 heteroatoms. The molecule has 2 aliphatic rings. The van der Waals surface area contributed by atoms with E-state index in [-0.39, 0.29) is 0 Å². The lowest BCUT2D eigenvalue weighted by Gasteiger charge is -2.31.